The van der Waals surface area contributed by atoms with Crippen molar-refractivity contribution in [2.75, 3.05) is 39.6 Å². The molecule has 15 heteroatoms. The molecule has 0 radical (unpaired) electrons. The predicted molar refractivity (Wildman–Crippen MR) is 283 cm³/mol. The highest BCUT2D eigenvalue weighted by Crippen LogP contribution is 2.55. The van der Waals surface area contributed by atoms with Gasteiger partial charge >= 0.3 is 17.6 Å². The fourth-order valence-electron chi connectivity index (χ4n) is 9.76. The summed E-state index contributed by atoms with van der Waals surface area (Å²) in [7, 11) is -7.78. The van der Waals surface area contributed by atoms with Gasteiger partial charge in [-0.3, -0.25) is 0 Å². The van der Waals surface area contributed by atoms with Crippen LogP contribution in [0.1, 0.15) is 99.2 Å². The summed E-state index contributed by atoms with van der Waals surface area (Å²) in [4.78, 5) is 0. The molecule has 0 amide bonds. The molecule has 7 rings (SSSR count). The molecule has 0 unspecified atom stereocenters. The first kappa shape index (κ1) is 51.9. The minimum atomic E-state index is -2.70. The summed E-state index contributed by atoms with van der Waals surface area (Å²) in [5.74, 6) is 0. The van der Waals surface area contributed by atoms with E-state index in [1.807, 2.05) is 50.9 Å². The fourth-order valence-corrected chi connectivity index (χ4v) is 18.8. The Morgan fingerprint density at radius 1 is 0.435 bits per heavy atom. The summed E-state index contributed by atoms with van der Waals surface area (Å²) < 4.78 is 40.3. The molecule has 0 N–H and O–H groups in total. The minimum absolute atomic E-state index is 0.574. The monoisotopic (exact) mass is 984 g/mol. The first-order valence-electron chi connectivity index (χ1n) is 25.0. The number of aromatic nitrogens is 6. The van der Waals surface area contributed by atoms with E-state index >= 15 is 0 Å². The van der Waals surface area contributed by atoms with Crippen LogP contribution in [0.15, 0.2) is 122 Å². The van der Waals surface area contributed by atoms with E-state index in [0.717, 1.165) is 49.2 Å². The molecule has 6 aromatic rings. The van der Waals surface area contributed by atoms with E-state index in [0.29, 0.717) is 52.7 Å². The van der Waals surface area contributed by atoms with Gasteiger partial charge in [0.2, 0.25) is 0 Å². The largest absolute Gasteiger partial charge is 0.500 e. The topological polar surface area (TPSA) is 117 Å². The lowest BCUT2D eigenvalue weighted by Crippen LogP contribution is -2.46. The van der Waals surface area contributed by atoms with E-state index in [9.17, 15) is 0 Å². The summed E-state index contributed by atoms with van der Waals surface area (Å²) in [6.07, 6.45) is 7.40. The van der Waals surface area contributed by atoms with E-state index in [-0.39, 0.29) is 0 Å². The zero-order chi connectivity index (χ0) is 48.7. The van der Waals surface area contributed by atoms with Gasteiger partial charge in [-0.15, -0.1) is 10.2 Å². The molecule has 69 heavy (non-hydrogen) atoms. The van der Waals surface area contributed by atoms with Gasteiger partial charge in [0.1, 0.15) is 8.07 Å². The van der Waals surface area contributed by atoms with Gasteiger partial charge in [-0.1, -0.05) is 133 Å². The van der Waals surface area contributed by atoms with Gasteiger partial charge in [0.15, 0.2) is 0 Å². The molecule has 0 saturated carbocycles. The molecular formula is C54H72N6O6Si3. The third kappa shape index (κ3) is 12.9. The maximum absolute atomic E-state index is 6.07. The lowest BCUT2D eigenvalue weighted by atomic mass is 9.89. The van der Waals surface area contributed by atoms with Gasteiger partial charge in [-0.25, -0.2) is 9.36 Å². The van der Waals surface area contributed by atoms with Gasteiger partial charge in [0.05, 0.1) is 24.5 Å². The van der Waals surface area contributed by atoms with E-state index < -0.39 is 25.7 Å². The fraction of sp³-hybridized carbons (Fsp3) is 0.407. The van der Waals surface area contributed by atoms with Crippen molar-refractivity contribution in [2.24, 2.45) is 0 Å². The summed E-state index contributed by atoms with van der Waals surface area (Å²) in [5.41, 5.74) is 11.8. The standard InChI is InChI=1S/C54H72N6O6Si3/c1-9-61-68(62-10-2,63-11-3)37-21-27-49-41-59(57-55-49)39-43-29-33-47(34-30-43)53-51(45-23-17-15-18-24-45)52(46-25-19-16-20-26-46)54(67(53,7)8)48-35-31-44(32-36-48)40-60-42-50(56-58-60)28-22-38-69(64-12-4,65-13-5)66-14-6/h15-20,23-26,29-36,41-42H,9-14,21-22,27-28,37-40H2,1-8H3. The molecular weight excluding hydrogens is 913 g/mol. The van der Waals surface area contributed by atoms with E-state index in [1.165, 1.54) is 54.9 Å². The highest BCUT2D eigenvalue weighted by atomic mass is 28.4. The number of hydrogen-bond donors (Lipinski definition) is 0. The Hall–Kier alpha value is -4.95. The zero-order valence-electron chi connectivity index (χ0n) is 42.1. The van der Waals surface area contributed by atoms with Crippen molar-refractivity contribution >= 4 is 47.2 Å². The van der Waals surface area contributed by atoms with Gasteiger partial charge in [0.25, 0.3) is 0 Å². The van der Waals surface area contributed by atoms with Crippen molar-refractivity contribution in [3.63, 3.8) is 0 Å². The van der Waals surface area contributed by atoms with Crippen LogP contribution in [0.3, 0.4) is 0 Å². The Labute approximate surface area is 413 Å². The number of rotatable bonds is 28. The lowest BCUT2D eigenvalue weighted by molar-refractivity contribution is 0.0700. The van der Waals surface area contributed by atoms with Crippen LogP contribution in [0.5, 0.6) is 0 Å². The Morgan fingerprint density at radius 2 is 0.768 bits per heavy atom. The van der Waals surface area contributed by atoms with Crippen LogP contribution in [-0.2, 0) is 52.5 Å². The number of aryl methyl sites for hydroxylation is 2. The van der Waals surface area contributed by atoms with Crippen LogP contribution in [0, 0.1) is 0 Å². The SMILES string of the molecule is CCO[Si](CCCc1cn(Cc2ccc(C3=C(c4ccccc4)C(c4ccccc4)=C(c4ccc(Cn5cc(CCC[Si](OCC)(OCC)OCC)nn5)cc4)[Si]3(C)C)cc2)nn1)(OCC)OCC. The molecule has 0 atom stereocenters. The second-order valence-electron chi connectivity index (χ2n) is 17.7. The van der Waals surface area contributed by atoms with Gasteiger partial charge in [-0.2, -0.15) is 0 Å². The Balaban J connectivity index is 1.11. The number of benzene rings is 4. The molecule has 0 aliphatic carbocycles. The summed E-state index contributed by atoms with van der Waals surface area (Å²) in [5, 5.41) is 21.0. The molecule has 3 heterocycles. The summed E-state index contributed by atoms with van der Waals surface area (Å²) in [6.45, 7) is 21.7. The second kappa shape index (κ2) is 24.7. The molecule has 0 spiro atoms. The maximum atomic E-state index is 6.07. The normalized spacial score (nSPS) is 14.1. The van der Waals surface area contributed by atoms with Crippen molar-refractivity contribution in [2.45, 2.75) is 105 Å². The Bertz CT molecular complexity index is 2370. The molecule has 1 aliphatic heterocycles. The van der Waals surface area contributed by atoms with Crippen LogP contribution in [0.4, 0.5) is 0 Å². The third-order valence-electron chi connectivity index (χ3n) is 12.5. The maximum Gasteiger partial charge on any atom is 0.500 e. The van der Waals surface area contributed by atoms with E-state index in [2.05, 4.69) is 155 Å². The highest BCUT2D eigenvalue weighted by molar-refractivity contribution is 7.13. The average Bonchev–Trinajstić information content (AvgIpc) is 4.06. The predicted octanol–water partition coefficient (Wildman–Crippen LogP) is 11.3. The minimum Gasteiger partial charge on any atom is -0.374 e. The van der Waals surface area contributed by atoms with E-state index in [1.54, 1.807) is 0 Å². The number of allylic oxidation sites excluding steroid dienone is 2. The molecule has 0 saturated heterocycles. The molecule has 0 fully saturated rings. The van der Waals surface area contributed by atoms with Crippen LogP contribution in [0.25, 0.3) is 21.5 Å². The summed E-state index contributed by atoms with van der Waals surface area (Å²) >= 11 is 0. The van der Waals surface area contributed by atoms with E-state index in [4.69, 9.17) is 26.6 Å². The van der Waals surface area contributed by atoms with Crippen molar-refractivity contribution < 1.29 is 26.6 Å². The van der Waals surface area contributed by atoms with Crippen LogP contribution in [-0.4, -0.2) is 95.3 Å². The van der Waals surface area contributed by atoms with Gasteiger partial charge < -0.3 is 26.6 Å². The molecule has 12 nitrogen and oxygen atoms in total. The number of nitrogens with zero attached hydrogens (tertiary/aromatic N) is 6. The first-order chi connectivity index (χ1) is 33.6. The molecule has 366 valence electrons. The quantitative estimate of drug-likeness (QED) is 0.0440. The smallest absolute Gasteiger partial charge is 0.374 e. The molecule has 4 aromatic carbocycles. The lowest BCUT2D eigenvalue weighted by Gasteiger charge is -2.28. The average molecular weight is 985 g/mol. The van der Waals surface area contributed by atoms with Crippen molar-refractivity contribution in [3.8, 4) is 0 Å². The molecule has 0 bridgehead atoms. The van der Waals surface area contributed by atoms with Crippen molar-refractivity contribution in [1.29, 1.82) is 0 Å². The molecule has 1 aliphatic rings. The Morgan fingerprint density at radius 3 is 1.09 bits per heavy atom. The van der Waals surface area contributed by atoms with Gasteiger partial charge in [-0.05, 0) is 122 Å². The summed E-state index contributed by atoms with van der Waals surface area (Å²) in [6, 6.07) is 41.7. The first-order valence-corrected chi connectivity index (χ1v) is 31.9. The third-order valence-corrected chi connectivity index (χ3v) is 22.4. The van der Waals surface area contributed by atoms with Crippen LogP contribution in [0.2, 0.25) is 25.2 Å². The number of hydrogen-bond acceptors (Lipinski definition) is 10. The second-order valence-corrected chi connectivity index (χ2v) is 27.5. The Kier molecular flexibility index (Phi) is 18.6. The zero-order valence-corrected chi connectivity index (χ0v) is 45.1. The highest BCUT2D eigenvalue weighted by Gasteiger charge is 2.44. The van der Waals surface area contributed by atoms with Crippen LogP contribution >= 0.6 is 0 Å². The van der Waals surface area contributed by atoms with Gasteiger partial charge in [0, 0.05) is 64.1 Å². The van der Waals surface area contributed by atoms with Crippen molar-refractivity contribution in [1.82, 2.24) is 30.0 Å². The van der Waals surface area contributed by atoms with Crippen molar-refractivity contribution in [3.05, 3.63) is 166 Å². The molecule has 2 aromatic heterocycles. The van der Waals surface area contributed by atoms with Crippen LogP contribution < -0.4 is 0 Å².